The standard InChI is InChI=1S/C19H16F3N3O/c1-12(13-6-8-15(9-7-13)19(20,21)22)24-18(26)25-17-16-5-3-2-4-14(16)10-11-23-17/h2-12H,1H3,(H2,23,24,25,26)/t12-/m0/s1. The summed E-state index contributed by atoms with van der Waals surface area (Å²) in [4.78, 5) is 16.4. The lowest BCUT2D eigenvalue weighted by Gasteiger charge is -2.16. The summed E-state index contributed by atoms with van der Waals surface area (Å²) >= 11 is 0. The summed E-state index contributed by atoms with van der Waals surface area (Å²) in [5.74, 6) is 0.417. The average molecular weight is 359 g/mol. The van der Waals surface area contributed by atoms with Crippen LogP contribution in [0, 0.1) is 0 Å². The van der Waals surface area contributed by atoms with Gasteiger partial charge in [-0.2, -0.15) is 13.2 Å². The fraction of sp³-hybridized carbons (Fsp3) is 0.158. The Morgan fingerprint density at radius 3 is 2.42 bits per heavy atom. The van der Waals surface area contributed by atoms with E-state index >= 15 is 0 Å². The van der Waals surface area contributed by atoms with Crippen molar-refractivity contribution in [3.8, 4) is 0 Å². The van der Waals surface area contributed by atoms with E-state index in [1.807, 2.05) is 30.3 Å². The zero-order valence-corrected chi connectivity index (χ0v) is 13.8. The predicted octanol–water partition coefficient (Wildman–Crippen LogP) is 5.14. The van der Waals surface area contributed by atoms with Crippen LogP contribution in [0.25, 0.3) is 10.8 Å². The molecule has 0 saturated heterocycles. The van der Waals surface area contributed by atoms with Crippen LogP contribution in [0.15, 0.2) is 60.8 Å². The van der Waals surface area contributed by atoms with Gasteiger partial charge in [-0.25, -0.2) is 9.78 Å². The average Bonchev–Trinajstić information content (AvgIpc) is 2.61. The molecule has 0 fully saturated rings. The number of anilines is 1. The second kappa shape index (κ2) is 7.03. The van der Waals surface area contributed by atoms with E-state index in [1.54, 1.807) is 13.1 Å². The topological polar surface area (TPSA) is 54.0 Å². The summed E-state index contributed by atoms with van der Waals surface area (Å²) in [6, 6.07) is 13.1. The number of halogens is 3. The molecule has 0 radical (unpaired) electrons. The van der Waals surface area contributed by atoms with Crippen LogP contribution in [0.1, 0.15) is 24.1 Å². The van der Waals surface area contributed by atoms with Gasteiger partial charge in [0, 0.05) is 11.6 Å². The summed E-state index contributed by atoms with van der Waals surface area (Å²) in [5.41, 5.74) is -0.156. The van der Waals surface area contributed by atoms with Gasteiger partial charge < -0.3 is 5.32 Å². The van der Waals surface area contributed by atoms with Gasteiger partial charge in [-0.1, -0.05) is 36.4 Å². The van der Waals surface area contributed by atoms with E-state index in [0.29, 0.717) is 11.4 Å². The number of pyridine rings is 1. The lowest BCUT2D eigenvalue weighted by atomic mass is 10.1. The number of hydrogen-bond acceptors (Lipinski definition) is 2. The number of nitrogens with one attached hydrogen (secondary N) is 2. The maximum atomic E-state index is 12.6. The smallest absolute Gasteiger partial charge is 0.331 e. The van der Waals surface area contributed by atoms with Crippen molar-refractivity contribution >= 4 is 22.6 Å². The fourth-order valence-corrected chi connectivity index (χ4v) is 2.60. The summed E-state index contributed by atoms with van der Waals surface area (Å²) in [6.07, 6.45) is -2.79. The Morgan fingerprint density at radius 2 is 1.73 bits per heavy atom. The molecule has 134 valence electrons. The maximum absolute atomic E-state index is 12.6. The molecule has 4 nitrogen and oxygen atoms in total. The SMILES string of the molecule is C[C@H](NC(=O)Nc1nccc2ccccc12)c1ccc(C(F)(F)F)cc1. The van der Waals surface area contributed by atoms with Gasteiger partial charge in [-0.05, 0) is 36.1 Å². The van der Waals surface area contributed by atoms with E-state index in [9.17, 15) is 18.0 Å². The highest BCUT2D eigenvalue weighted by Gasteiger charge is 2.30. The van der Waals surface area contributed by atoms with E-state index < -0.39 is 23.8 Å². The monoisotopic (exact) mass is 359 g/mol. The third-order valence-electron chi connectivity index (χ3n) is 3.99. The van der Waals surface area contributed by atoms with E-state index in [0.717, 1.165) is 22.9 Å². The van der Waals surface area contributed by atoms with Gasteiger partial charge in [0.1, 0.15) is 5.82 Å². The van der Waals surface area contributed by atoms with E-state index in [4.69, 9.17) is 0 Å². The Labute approximate surface area is 148 Å². The summed E-state index contributed by atoms with van der Waals surface area (Å²) in [7, 11) is 0. The quantitative estimate of drug-likeness (QED) is 0.681. The summed E-state index contributed by atoms with van der Waals surface area (Å²) in [5, 5.41) is 7.11. The molecule has 1 atom stereocenters. The number of carbonyl (C=O) groups excluding carboxylic acids is 1. The molecule has 3 rings (SSSR count). The van der Waals surface area contributed by atoms with Gasteiger partial charge in [-0.3, -0.25) is 5.32 Å². The Bertz CT molecular complexity index is 918. The Kier molecular flexibility index (Phi) is 4.79. The number of carbonyl (C=O) groups is 1. The van der Waals surface area contributed by atoms with Crippen LogP contribution in [0.3, 0.4) is 0 Å². The zero-order valence-electron chi connectivity index (χ0n) is 13.8. The van der Waals surface area contributed by atoms with Crippen molar-refractivity contribution < 1.29 is 18.0 Å². The van der Waals surface area contributed by atoms with Crippen LogP contribution >= 0.6 is 0 Å². The number of aromatic nitrogens is 1. The van der Waals surface area contributed by atoms with Gasteiger partial charge in [0.2, 0.25) is 0 Å². The lowest BCUT2D eigenvalue weighted by Crippen LogP contribution is -2.31. The van der Waals surface area contributed by atoms with Crippen molar-refractivity contribution in [3.05, 3.63) is 71.9 Å². The van der Waals surface area contributed by atoms with Crippen molar-refractivity contribution in [2.45, 2.75) is 19.1 Å². The molecule has 0 aliphatic rings. The first-order valence-electron chi connectivity index (χ1n) is 7.93. The molecule has 2 amide bonds. The summed E-state index contributed by atoms with van der Waals surface area (Å²) < 4.78 is 37.8. The highest BCUT2D eigenvalue weighted by atomic mass is 19.4. The number of fused-ring (bicyclic) bond motifs is 1. The van der Waals surface area contributed by atoms with Crippen molar-refractivity contribution in [1.82, 2.24) is 10.3 Å². The molecule has 0 aliphatic carbocycles. The molecule has 7 heteroatoms. The molecule has 0 spiro atoms. The van der Waals surface area contributed by atoms with Gasteiger partial charge in [-0.15, -0.1) is 0 Å². The minimum Gasteiger partial charge on any atom is -0.331 e. The van der Waals surface area contributed by atoms with E-state index in [1.165, 1.54) is 12.1 Å². The second-order valence-electron chi connectivity index (χ2n) is 5.82. The maximum Gasteiger partial charge on any atom is 0.416 e. The number of benzene rings is 2. The first-order chi connectivity index (χ1) is 12.3. The van der Waals surface area contributed by atoms with Crippen LogP contribution in [0.2, 0.25) is 0 Å². The van der Waals surface area contributed by atoms with Gasteiger partial charge >= 0.3 is 12.2 Å². The minimum absolute atomic E-state index is 0.417. The predicted molar refractivity (Wildman–Crippen MR) is 93.8 cm³/mol. The first kappa shape index (κ1) is 17.7. The molecular weight excluding hydrogens is 343 g/mol. The van der Waals surface area contributed by atoms with Crippen molar-refractivity contribution in [2.75, 3.05) is 5.32 Å². The fourth-order valence-electron chi connectivity index (χ4n) is 2.60. The molecule has 26 heavy (non-hydrogen) atoms. The molecular formula is C19H16F3N3O. The van der Waals surface area contributed by atoms with Gasteiger partial charge in [0.25, 0.3) is 0 Å². The molecule has 0 saturated carbocycles. The third-order valence-corrected chi connectivity index (χ3v) is 3.99. The molecule has 1 heterocycles. The lowest BCUT2D eigenvalue weighted by molar-refractivity contribution is -0.137. The molecule has 0 unspecified atom stereocenters. The molecule has 0 aliphatic heterocycles. The third kappa shape index (κ3) is 3.93. The van der Waals surface area contributed by atoms with Gasteiger partial charge in [0.05, 0.1) is 11.6 Å². The number of rotatable bonds is 3. The number of nitrogens with zero attached hydrogens (tertiary/aromatic N) is 1. The number of alkyl halides is 3. The Balaban J connectivity index is 1.69. The molecule has 1 aromatic heterocycles. The van der Waals surface area contributed by atoms with Crippen molar-refractivity contribution in [3.63, 3.8) is 0 Å². The van der Waals surface area contributed by atoms with Crippen molar-refractivity contribution in [2.24, 2.45) is 0 Å². The molecule has 2 aromatic carbocycles. The highest BCUT2D eigenvalue weighted by molar-refractivity contribution is 5.99. The zero-order chi connectivity index (χ0) is 18.7. The van der Waals surface area contributed by atoms with Crippen LogP contribution < -0.4 is 10.6 Å². The highest BCUT2D eigenvalue weighted by Crippen LogP contribution is 2.30. The van der Waals surface area contributed by atoms with Crippen LogP contribution in [-0.4, -0.2) is 11.0 Å². The largest absolute Gasteiger partial charge is 0.416 e. The first-order valence-corrected chi connectivity index (χ1v) is 7.93. The number of urea groups is 1. The van der Waals surface area contributed by atoms with Crippen LogP contribution in [0.4, 0.5) is 23.8 Å². The van der Waals surface area contributed by atoms with Crippen LogP contribution in [-0.2, 0) is 6.18 Å². The van der Waals surface area contributed by atoms with E-state index in [2.05, 4.69) is 15.6 Å². The normalized spacial score (nSPS) is 12.6. The Hall–Kier alpha value is -3.09. The van der Waals surface area contributed by atoms with E-state index in [-0.39, 0.29) is 0 Å². The molecule has 2 N–H and O–H groups in total. The molecule has 3 aromatic rings. The number of hydrogen-bond donors (Lipinski definition) is 2. The second-order valence-corrected chi connectivity index (χ2v) is 5.82. The van der Waals surface area contributed by atoms with Gasteiger partial charge in [0.15, 0.2) is 0 Å². The number of amides is 2. The minimum atomic E-state index is -4.38. The molecule has 0 bridgehead atoms. The van der Waals surface area contributed by atoms with Crippen molar-refractivity contribution in [1.29, 1.82) is 0 Å². The van der Waals surface area contributed by atoms with Crippen LogP contribution in [0.5, 0.6) is 0 Å². The summed E-state index contributed by atoms with van der Waals surface area (Å²) in [6.45, 7) is 1.69. The Morgan fingerprint density at radius 1 is 1.04 bits per heavy atom.